The predicted octanol–water partition coefficient (Wildman–Crippen LogP) is 3.06. The second kappa shape index (κ2) is 6.88. The van der Waals surface area contributed by atoms with E-state index in [0.717, 1.165) is 23.4 Å². The lowest BCUT2D eigenvalue weighted by molar-refractivity contribution is 0.652. The van der Waals surface area contributed by atoms with Crippen LogP contribution in [0.4, 0.5) is 11.6 Å². The van der Waals surface area contributed by atoms with E-state index in [1.54, 1.807) is 19.2 Å². The Hall–Kier alpha value is -3.32. The third-order valence-corrected chi connectivity index (χ3v) is 5.91. The smallest absolute Gasteiger partial charge is 0.310 e. The highest BCUT2D eigenvalue weighted by Crippen LogP contribution is 2.33. The van der Waals surface area contributed by atoms with Gasteiger partial charge in [0.1, 0.15) is 0 Å². The van der Waals surface area contributed by atoms with Crippen LogP contribution in [-0.4, -0.2) is 25.2 Å². The molecule has 5 rings (SSSR count). The summed E-state index contributed by atoms with van der Waals surface area (Å²) in [4.78, 5) is 33.1. The van der Waals surface area contributed by atoms with E-state index in [4.69, 9.17) is 16.6 Å². The van der Waals surface area contributed by atoms with Gasteiger partial charge in [-0.2, -0.15) is 4.98 Å². The van der Waals surface area contributed by atoms with Gasteiger partial charge >= 0.3 is 5.69 Å². The van der Waals surface area contributed by atoms with Gasteiger partial charge in [-0.3, -0.25) is 13.9 Å². The Kier molecular flexibility index (Phi) is 4.29. The van der Waals surface area contributed by atoms with Gasteiger partial charge in [0.25, 0.3) is 5.56 Å². The lowest BCUT2D eigenvalue weighted by Crippen LogP contribution is -2.40. The average Bonchev–Trinajstić information content (AvgIpc) is 3.31. The number of rotatable bonds is 3. The molecule has 0 amide bonds. The van der Waals surface area contributed by atoms with E-state index in [2.05, 4.69) is 17.9 Å². The second-order valence-corrected chi connectivity index (χ2v) is 7.97. The first-order valence-electron chi connectivity index (χ1n) is 9.73. The van der Waals surface area contributed by atoms with Gasteiger partial charge in [0.15, 0.2) is 11.2 Å². The normalized spacial score (nSPS) is 13.2. The van der Waals surface area contributed by atoms with E-state index in [0.29, 0.717) is 28.7 Å². The highest BCUT2D eigenvalue weighted by molar-refractivity contribution is 6.30. The lowest BCUT2D eigenvalue weighted by atomic mass is 10.2. The lowest BCUT2D eigenvalue weighted by Gasteiger charge is -2.18. The molecule has 0 unspecified atom stereocenters. The van der Waals surface area contributed by atoms with Gasteiger partial charge in [0, 0.05) is 30.8 Å². The zero-order valence-corrected chi connectivity index (χ0v) is 17.4. The highest BCUT2D eigenvalue weighted by atomic mass is 35.5. The van der Waals surface area contributed by atoms with Gasteiger partial charge in [-0.1, -0.05) is 41.9 Å². The molecule has 1 aliphatic rings. The maximum absolute atomic E-state index is 13.3. The summed E-state index contributed by atoms with van der Waals surface area (Å²) in [7, 11) is 1.66. The molecule has 0 fully saturated rings. The molecule has 0 radical (unpaired) electrons. The van der Waals surface area contributed by atoms with E-state index in [9.17, 15) is 9.59 Å². The Labute approximate surface area is 177 Å². The molecule has 7 nitrogen and oxygen atoms in total. The zero-order valence-electron chi connectivity index (χ0n) is 16.7. The van der Waals surface area contributed by atoms with Crippen molar-refractivity contribution in [2.45, 2.75) is 20.0 Å². The quantitative estimate of drug-likeness (QED) is 0.510. The Bertz CT molecular complexity index is 1400. The van der Waals surface area contributed by atoms with Crippen molar-refractivity contribution < 1.29 is 0 Å². The number of anilines is 2. The van der Waals surface area contributed by atoms with Crippen molar-refractivity contribution in [3.63, 3.8) is 0 Å². The van der Waals surface area contributed by atoms with Crippen molar-refractivity contribution in [3.8, 4) is 0 Å². The van der Waals surface area contributed by atoms with Crippen LogP contribution in [0.5, 0.6) is 0 Å². The number of nitrogens with zero attached hydrogens (tertiary/aromatic N) is 5. The molecule has 0 saturated carbocycles. The maximum Gasteiger partial charge on any atom is 0.332 e. The third kappa shape index (κ3) is 2.77. The standard InChI is InChI=1S/C22H20ClN5O2/c1-14-5-3-4-6-17(14)26-11-12-27-18-19(24-21(26)27)25(2)22(30)28(20(18)29)13-15-7-9-16(23)10-8-15/h3-10H,11-13H2,1-2H3. The van der Waals surface area contributed by atoms with Crippen LogP contribution >= 0.6 is 11.6 Å². The first kappa shape index (κ1) is 18.7. The molecular weight excluding hydrogens is 402 g/mol. The van der Waals surface area contributed by atoms with E-state index in [-0.39, 0.29) is 17.8 Å². The number of aromatic nitrogens is 4. The van der Waals surface area contributed by atoms with Crippen LogP contribution in [0.3, 0.4) is 0 Å². The van der Waals surface area contributed by atoms with Crippen molar-refractivity contribution in [1.29, 1.82) is 0 Å². The van der Waals surface area contributed by atoms with Crippen LogP contribution < -0.4 is 16.1 Å². The average molecular weight is 422 g/mol. The number of fused-ring (bicyclic) bond motifs is 3. The van der Waals surface area contributed by atoms with Gasteiger partial charge in [0.05, 0.1) is 6.54 Å². The minimum absolute atomic E-state index is 0.181. The topological polar surface area (TPSA) is 65.1 Å². The van der Waals surface area contributed by atoms with Crippen molar-refractivity contribution in [2.75, 3.05) is 11.4 Å². The van der Waals surface area contributed by atoms with Gasteiger partial charge < -0.3 is 9.47 Å². The largest absolute Gasteiger partial charge is 0.332 e. The molecule has 2 aromatic carbocycles. The number of benzene rings is 2. The Balaban J connectivity index is 1.68. The Morgan fingerprint density at radius 3 is 2.50 bits per heavy atom. The van der Waals surface area contributed by atoms with Crippen molar-refractivity contribution in [2.24, 2.45) is 7.05 Å². The number of aryl methyl sites for hydroxylation is 2. The van der Waals surface area contributed by atoms with E-state index >= 15 is 0 Å². The molecule has 1 aliphatic heterocycles. The van der Waals surface area contributed by atoms with E-state index in [1.807, 2.05) is 34.9 Å². The molecule has 3 heterocycles. The fourth-order valence-corrected chi connectivity index (χ4v) is 4.21. The summed E-state index contributed by atoms with van der Waals surface area (Å²) in [6.45, 7) is 3.59. The highest BCUT2D eigenvalue weighted by Gasteiger charge is 2.29. The number of para-hydroxylation sites is 1. The summed E-state index contributed by atoms with van der Waals surface area (Å²) in [5.41, 5.74) is 3.17. The van der Waals surface area contributed by atoms with E-state index < -0.39 is 0 Å². The molecule has 8 heteroatoms. The first-order chi connectivity index (χ1) is 14.5. The summed E-state index contributed by atoms with van der Waals surface area (Å²) in [6, 6.07) is 15.2. The van der Waals surface area contributed by atoms with E-state index in [1.165, 1.54) is 9.13 Å². The molecule has 0 spiro atoms. The second-order valence-electron chi connectivity index (χ2n) is 7.53. The van der Waals surface area contributed by atoms with Crippen molar-refractivity contribution in [3.05, 3.63) is 85.5 Å². The Morgan fingerprint density at radius 1 is 1.03 bits per heavy atom. The summed E-state index contributed by atoms with van der Waals surface area (Å²) < 4.78 is 4.63. The molecular formula is C22H20ClN5O2. The number of hydrogen-bond acceptors (Lipinski definition) is 4. The molecule has 0 N–H and O–H groups in total. The molecule has 4 aromatic rings. The van der Waals surface area contributed by atoms with Crippen LogP contribution in [0.1, 0.15) is 11.1 Å². The molecule has 30 heavy (non-hydrogen) atoms. The molecule has 2 aromatic heterocycles. The van der Waals surface area contributed by atoms with Crippen LogP contribution in [-0.2, 0) is 20.1 Å². The summed E-state index contributed by atoms with van der Waals surface area (Å²) in [5, 5.41) is 0.611. The van der Waals surface area contributed by atoms with Crippen LogP contribution in [0.15, 0.2) is 58.1 Å². The maximum atomic E-state index is 13.3. The van der Waals surface area contributed by atoms with Crippen molar-refractivity contribution >= 4 is 34.4 Å². The van der Waals surface area contributed by atoms with Gasteiger partial charge in [-0.15, -0.1) is 0 Å². The van der Waals surface area contributed by atoms with Crippen LogP contribution in [0, 0.1) is 6.92 Å². The third-order valence-electron chi connectivity index (χ3n) is 5.66. The Morgan fingerprint density at radius 2 is 1.77 bits per heavy atom. The SMILES string of the molecule is Cc1ccccc1N1CCn2c1nc1c2c(=O)n(Cc2ccc(Cl)cc2)c(=O)n1C. The fourth-order valence-electron chi connectivity index (χ4n) is 4.08. The van der Waals surface area contributed by atoms with Gasteiger partial charge in [0.2, 0.25) is 5.95 Å². The van der Waals surface area contributed by atoms with Gasteiger partial charge in [-0.25, -0.2) is 4.79 Å². The number of hydrogen-bond donors (Lipinski definition) is 0. The molecule has 152 valence electrons. The summed E-state index contributed by atoms with van der Waals surface area (Å²) in [6.07, 6.45) is 0. The molecule has 0 aliphatic carbocycles. The minimum Gasteiger partial charge on any atom is -0.310 e. The van der Waals surface area contributed by atoms with Crippen LogP contribution in [0.25, 0.3) is 11.2 Å². The van der Waals surface area contributed by atoms with Crippen molar-refractivity contribution in [1.82, 2.24) is 18.7 Å². The predicted molar refractivity (Wildman–Crippen MR) is 118 cm³/mol. The number of halogens is 1. The fraction of sp³-hybridized carbons (Fsp3) is 0.227. The molecule has 0 bridgehead atoms. The summed E-state index contributed by atoms with van der Waals surface area (Å²) >= 11 is 5.95. The van der Waals surface area contributed by atoms with Crippen LogP contribution in [0.2, 0.25) is 5.02 Å². The zero-order chi connectivity index (χ0) is 21.0. The number of imidazole rings is 1. The molecule has 0 saturated heterocycles. The van der Waals surface area contributed by atoms with Gasteiger partial charge in [-0.05, 0) is 36.2 Å². The monoisotopic (exact) mass is 421 g/mol. The minimum atomic E-state index is -0.387. The first-order valence-corrected chi connectivity index (χ1v) is 10.1. The molecule has 0 atom stereocenters. The summed E-state index contributed by atoms with van der Waals surface area (Å²) in [5.74, 6) is 0.690.